The number of carbonyl (C=O) groups excluding carboxylic acids is 2. The number of carbonyl (C=O) groups is 2. The van der Waals surface area contributed by atoms with E-state index in [9.17, 15) is 22.8 Å². The molecular weight excluding hydrogens is 479 g/mol. The van der Waals surface area contributed by atoms with Gasteiger partial charge in [-0.15, -0.1) is 0 Å². The van der Waals surface area contributed by atoms with Crippen molar-refractivity contribution in [1.82, 2.24) is 9.47 Å². The fourth-order valence-corrected chi connectivity index (χ4v) is 4.61. The second kappa shape index (κ2) is 9.22. The first-order chi connectivity index (χ1) is 15.7. The highest BCUT2D eigenvalue weighted by Gasteiger charge is 2.35. The summed E-state index contributed by atoms with van der Waals surface area (Å²) in [5.74, 6) is 4.53. The zero-order valence-corrected chi connectivity index (χ0v) is 18.5. The number of halogens is 4. The molecule has 2 heterocycles. The minimum absolute atomic E-state index is 0.0109. The quantitative estimate of drug-likeness (QED) is 0.371. The number of thioether (sulfide) groups is 1. The van der Waals surface area contributed by atoms with Gasteiger partial charge in [0, 0.05) is 28.7 Å². The molecule has 0 atom stereocenters. The fourth-order valence-electron chi connectivity index (χ4n) is 3.57. The lowest BCUT2D eigenvalue weighted by Gasteiger charge is -2.14. The molecule has 11 heteroatoms. The van der Waals surface area contributed by atoms with E-state index in [1.54, 1.807) is 41.1 Å². The van der Waals surface area contributed by atoms with Crippen molar-refractivity contribution >= 4 is 51.5 Å². The summed E-state index contributed by atoms with van der Waals surface area (Å²) in [7, 11) is 0. The predicted octanol–water partition coefficient (Wildman–Crippen LogP) is 5.29. The minimum Gasteiger partial charge on any atom is -0.343 e. The monoisotopic (exact) mass is 495 g/mol. The lowest BCUT2D eigenvalue weighted by Crippen LogP contribution is -2.32. The van der Waals surface area contributed by atoms with Gasteiger partial charge in [0.2, 0.25) is 0 Å². The van der Waals surface area contributed by atoms with Gasteiger partial charge in [-0.05, 0) is 59.3 Å². The largest absolute Gasteiger partial charge is 0.416 e. The maximum absolute atomic E-state index is 13.4. The van der Waals surface area contributed by atoms with Crippen LogP contribution in [0.4, 0.5) is 18.0 Å². The number of benzene rings is 2. The molecule has 0 radical (unpaired) electrons. The van der Waals surface area contributed by atoms with Crippen LogP contribution in [-0.4, -0.2) is 33.8 Å². The van der Waals surface area contributed by atoms with E-state index < -0.39 is 22.9 Å². The van der Waals surface area contributed by atoms with Crippen molar-refractivity contribution in [1.29, 1.82) is 0 Å². The van der Waals surface area contributed by atoms with E-state index in [2.05, 4.69) is 4.84 Å². The van der Waals surface area contributed by atoms with Gasteiger partial charge in [-0.25, -0.2) is 5.90 Å². The van der Waals surface area contributed by atoms with E-state index in [0.29, 0.717) is 5.56 Å². The molecule has 6 nitrogen and oxygen atoms in total. The molecule has 2 N–H and O–H groups in total. The number of nitrogens with two attached hydrogens (primary N) is 1. The van der Waals surface area contributed by atoms with E-state index in [4.69, 9.17) is 17.5 Å². The number of alkyl halides is 3. The highest BCUT2D eigenvalue weighted by molar-refractivity contribution is 8.18. The Kier molecular flexibility index (Phi) is 6.53. The summed E-state index contributed by atoms with van der Waals surface area (Å²) in [5, 5.41) is 0.397. The van der Waals surface area contributed by atoms with E-state index >= 15 is 0 Å². The Balaban J connectivity index is 1.60. The van der Waals surface area contributed by atoms with Crippen molar-refractivity contribution in [3.63, 3.8) is 0 Å². The molecule has 172 valence electrons. The fraction of sp³-hybridized carbons (Fsp3) is 0.182. The van der Waals surface area contributed by atoms with Crippen molar-refractivity contribution < 1.29 is 27.6 Å². The molecule has 3 aromatic rings. The number of rotatable bonds is 6. The SMILES string of the molecule is NOCCN1C(=O)S/C(=C\c2ccc3c(ccn3Cc3ccc(Cl)cc3C(F)(F)F)c2)C1=O. The standard InChI is InChI=1S/C22H17ClF3N3O3S/c23-16-3-2-15(17(11-16)22(24,25)26)12-28-6-5-14-9-13(1-4-18(14)28)10-19-20(30)29(7-8-32-27)21(31)33-19/h1-6,9-11H,7-8,12,27H2/b19-10-. The number of hydrogen-bond donors (Lipinski definition) is 1. The lowest BCUT2D eigenvalue weighted by molar-refractivity contribution is -0.138. The van der Waals surface area contributed by atoms with E-state index in [-0.39, 0.29) is 35.2 Å². The normalized spacial score (nSPS) is 15.9. The van der Waals surface area contributed by atoms with E-state index in [0.717, 1.165) is 33.6 Å². The van der Waals surface area contributed by atoms with Crippen molar-refractivity contribution in [2.45, 2.75) is 12.7 Å². The smallest absolute Gasteiger partial charge is 0.343 e. The van der Waals surface area contributed by atoms with Crippen molar-refractivity contribution in [3.05, 3.63) is 75.3 Å². The maximum atomic E-state index is 13.4. The first kappa shape index (κ1) is 23.4. The predicted molar refractivity (Wildman–Crippen MR) is 120 cm³/mol. The van der Waals surface area contributed by atoms with Gasteiger partial charge in [0.15, 0.2) is 0 Å². The highest BCUT2D eigenvalue weighted by atomic mass is 35.5. The summed E-state index contributed by atoms with van der Waals surface area (Å²) >= 11 is 6.59. The topological polar surface area (TPSA) is 77.6 Å². The van der Waals surface area contributed by atoms with Crippen LogP contribution in [0.3, 0.4) is 0 Å². The van der Waals surface area contributed by atoms with Gasteiger partial charge in [-0.3, -0.25) is 14.5 Å². The van der Waals surface area contributed by atoms with Gasteiger partial charge in [0.25, 0.3) is 11.1 Å². The number of hydrogen-bond acceptors (Lipinski definition) is 5. The summed E-state index contributed by atoms with van der Waals surface area (Å²) in [6.45, 7) is 0.108. The number of nitrogens with zero attached hydrogens (tertiary/aromatic N) is 2. The van der Waals surface area contributed by atoms with Crippen LogP contribution in [0.15, 0.2) is 53.6 Å². The molecule has 0 aliphatic carbocycles. The van der Waals surface area contributed by atoms with Gasteiger partial charge in [0.05, 0.1) is 23.6 Å². The number of imide groups is 1. The third kappa shape index (κ3) is 4.93. The van der Waals surface area contributed by atoms with Crippen LogP contribution in [0, 0.1) is 0 Å². The first-order valence-corrected chi connectivity index (χ1v) is 10.9. The van der Waals surface area contributed by atoms with Gasteiger partial charge in [-0.2, -0.15) is 13.2 Å². The summed E-state index contributed by atoms with van der Waals surface area (Å²) in [4.78, 5) is 30.2. The average Bonchev–Trinajstić information content (AvgIpc) is 3.27. The molecule has 0 saturated carbocycles. The van der Waals surface area contributed by atoms with E-state index in [1.807, 2.05) is 0 Å². The first-order valence-electron chi connectivity index (χ1n) is 9.69. The zero-order valence-electron chi connectivity index (χ0n) is 16.9. The van der Waals surface area contributed by atoms with Gasteiger partial charge < -0.3 is 9.40 Å². The zero-order chi connectivity index (χ0) is 23.8. The summed E-state index contributed by atoms with van der Waals surface area (Å²) in [6.07, 6.45) is -1.22. The molecule has 4 rings (SSSR count). The molecule has 1 saturated heterocycles. The molecule has 2 aromatic carbocycles. The lowest BCUT2D eigenvalue weighted by atomic mass is 10.1. The third-order valence-electron chi connectivity index (χ3n) is 5.12. The Morgan fingerprint density at radius 3 is 2.64 bits per heavy atom. The van der Waals surface area contributed by atoms with Crippen LogP contribution >= 0.6 is 23.4 Å². The van der Waals surface area contributed by atoms with Crippen LogP contribution in [0.5, 0.6) is 0 Å². The average molecular weight is 496 g/mol. The molecule has 1 aromatic heterocycles. The second-order valence-electron chi connectivity index (χ2n) is 7.27. The Bertz CT molecular complexity index is 1270. The molecular formula is C22H17ClF3N3O3S. The van der Waals surface area contributed by atoms with Crippen LogP contribution < -0.4 is 5.90 Å². The van der Waals surface area contributed by atoms with Crippen molar-refractivity contribution in [2.75, 3.05) is 13.2 Å². The molecule has 0 spiro atoms. The van der Waals surface area contributed by atoms with Crippen LogP contribution in [-0.2, 0) is 22.4 Å². The Labute approximate surface area is 195 Å². The Morgan fingerprint density at radius 1 is 1.12 bits per heavy atom. The van der Waals surface area contributed by atoms with E-state index in [1.165, 1.54) is 12.1 Å². The molecule has 1 aliphatic rings. The van der Waals surface area contributed by atoms with Gasteiger partial charge in [0.1, 0.15) is 0 Å². The molecule has 2 amide bonds. The molecule has 0 unspecified atom stereocenters. The van der Waals surface area contributed by atoms with Gasteiger partial charge in [-0.1, -0.05) is 23.7 Å². The molecule has 0 bridgehead atoms. The van der Waals surface area contributed by atoms with Gasteiger partial charge >= 0.3 is 6.18 Å². The molecule has 1 fully saturated rings. The molecule has 1 aliphatic heterocycles. The summed E-state index contributed by atoms with van der Waals surface area (Å²) in [6, 6.07) is 10.8. The van der Waals surface area contributed by atoms with Crippen molar-refractivity contribution in [2.24, 2.45) is 5.90 Å². The number of fused-ring (bicyclic) bond motifs is 1. The number of aromatic nitrogens is 1. The van der Waals surface area contributed by atoms with Crippen LogP contribution in [0.2, 0.25) is 5.02 Å². The summed E-state index contributed by atoms with van der Waals surface area (Å²) < 4.78 is 42.0. The Morgan fingerprint density at radius 2 is 1.91 bits per heavy atom. The minimum atomic E-state index is -4.52. The highest BCUT2D eigenvalue weighted by Crippen LogP contribution is 2.35. The van der Waals surface area contributed by atoms with Crippen LogP contribution in [0.1, 0.15) is 16.7 Å². The third-order valence-corrected chi connectivity index (χ3v) is 6.26. The molecule has 33 heavy (non-hydrogen) atoms. The van der Waals surface area contributed by atoms with Crippen molar-refractivity contribution in [3.8, 4) is 0 Å². The van der Waals surface area contributed by atoms with Crippen LogP contribution in [0.25, 0.3) is 17.0 Å². The summed E-state index contributed by atoms with van der Waals surface area (Å²) in [5.41, 5.74) is 0.736. The second-order valence-corrected chi connectivity index (χ2v) is 8.69. The number of amides is 2. The maximum Gasteiger partial charge on any atom is 0.416 e. The Hall–Kier alpha value is -2.79.